The molecule has 0 amide bonds. The van der Waals surface area contributed by atoms with E-state index in [-0.39, 0.29) is 12.1 Å². The molecular formula is C44H69N3. The summed E-state index contributed by atoms with van der Waals surface area (Å²) in [6, 6.07) is 27.3. The van der Waals surface area contributed by atoms with Gasteiger partial charge < -0.3 is 5.32 Å². The normalized spacial score (nSPS) is 12.8. The van der Waals surface area contributed by atoms with E-state index in [0.717, 1.165) is 19.6 Å². The van der Waals surface area contributed by atoms with Gasteiger partial charge in [-0.15, -0.1) is 0 Å². The summed E-state index contributed by atoms with van der Waals surface area (Å²) in [5.41, 5.74) is 4.07. The molecule has 0 aliphatic heterocycles. The lowest BCUT2D eigenvalue weighted by Gasteiger charge is -2.39. The number of rotatable bonds is 29. The zero-order valence-corrected chi connectivity index (χ0v) is 30.4. The van der Waals surface area contributed by atoms with E-state index in [1.54, 1.807) is 0 Å². The molecule has 0 radical (unpaired) electrons. The number of benzene rings is 2. The average Bonchev–Trinajstić information content (AvgIpc) is 3.12. The van der Waals surface area contributed by atoms with E-state index < -0.39 is 0 Å². The first-order valence-corrected chi connectivity index (χ1v) is 19.8. The maximum Gasteiger partial charge on any atom is 0.0543 e. The third-order valence-corrected chi connectivity index (χ3v) is 9.88. The monoisotopic (exact) mass is 640 g/mol. The standard InChI is InChI=1S/C44H69N3/c1-3-5-7-9-11-13-15-17-19-27-37-47(38-28-20-18-16-14-12-10-8-6-4-2)44(42-31-25-22-26-32-42)43(41-29-23-21-24-30-41)46-39-40-33-35-45-36-34-40/h21-26,29-36,43-44,46H,3-20,27-28,37-39H2,1-2H3/t43-,44+/m0/s1. The number of pyridine rings is 1. The number of hydrogen-bond acceptors (Lipinski definition) is 3. The number of aromatic nitrogens is 1. The molecule has 1 N–H and O–H groups in total. The molecule has 0 saturated carbocycles. The van der Waals surface area contributed by atoms with Gasteiger partial charge in [0.15, 0.2) is 0 Å². The van der Waals surface area contributed by atoms with Gasteiger partial charge in [-0.2, -0.15) is 0 Å². The van der Waals surface area contributed by atoms with Crippen LogP contribution in [0.15, 0.2) is 85.2 Å². The number of unbranched alkanes of at least 4 members (excludes halogenated alkanes) is 18. The fourth-order valence-corrected chi connectivity index (χ4v) is 7.06. The van der Waals surface area contributed by atoms with Crippen molar-refractivity contribution in [1.29, 1.82) is 0 Å². The summed E-state index contributed by atoms with van der Waals surface area (Å²) in [6.07, 6.45) is 31.4. The van der Waals surface area contributed by atoms with Crippen molar-refractivity contribution in [2.45, 2.75) is 161 Å². The Kier molecular flexibility index (Phi) is 21.9. The molecular weight excluding hydrogens is 571 g/mol. The van der Waals surface area contributed by atoms with Crippen molar-refractivity contribution in [3.05, 3.63) is 102 Å². The summed E-state index contributed by atoms with van der Waals surface area (Å²) < 4.78 is 0. The lowest BCUT2D eigenvalue weighted by atomic mass is 9.91. The molecule has 0 aliphatic carbocycles. The van der Waals surface area contributed by atoms with Gasteiger partial charge in [0.1, 0.15) is 0 Å². The van der Waals surface area contributed by atoms with Gasteiger partial charge in [0, 0.05) is 18.9 Å². The van der Waals surface area contributed by atoms with E-state index >= 15 is 0 Å². The highest BCUT2D eigenvalue weighted by molar-refractivity contribution is 5.28. The number of hydrogen-bond donors (Lipinski definition) is 1. The predicted octanol–water partition coefficient (Wildman–Crippen LogP) is 12.8. The Morgan fingerprint density at radius 1 is 0.489 bits per heavy atom. The van der Waals surface area contributed by atoms with Gasteiger partial charge in [-0.25, -0.2) is 0 Å². The van der Waals surface area contributed by atoms with Crippen LogP contribution in [-0.4, -0.2) is 23.0 Å². The Morgan fingerprint density at radius 3 is 1.34 bits per heavy atom. The summed E-state index contributed by atoms with van der Waals surface area (Å²) >= 11 is 0. The van der Waals surface area contributed by atoms with E-state index in [1.165, 1.54) is 145 Å². The Labute approximate surface area is 290 Å². The predicted molar refractivity (Wildman–Crippen MR) is 205 cm³/mol. The van der Waals surface area contributed by atoms with Crippen molar-refractivity contribution in [2.75, 3.05) is 13.1 Å². The molecule has 0 aliphatic rings. The molecule has 2 aromatic carbocycles. The minimum absolute atomic E-state index is 0.193. The van der Waals surface area contributed by atoms with E-state index in [2.05, 4.69) is 102 Å². The van der Waals surface area contributed by atoms with E-state index in [4.69, 9.17) is 0 Å². The molecule has 3 aromatic rings. The second-order valence-electron chi connectivity index (χ2n) is 13.9. The van der Waals surface area contributed by atoms with E-state index in [1.807, 2.05) is 12.4 Å². The van der Waals surface area contributed by atoms with Gasteiger partial charge in [0.25, 0.3) is 0 Å². The molecule has 0 bridgehead atoms. The van der Waals surface area contributed by atoms with Crippen LogP contribution < -0.4 is 5.32 Å². The van der Waals surface area contributed by atoms with E-state index in [9.17, 15) is 0 Å². The summed E-state index contributed by atoms with van der Waals surface area (Å²) in [7, 11) is 0. The molecule has 1 aromatic heterocycles. The third-order valence-electron chi connectivity index (χ3n) is 9.88. The van der Waals surface area contributed by atoms with Crippen molar-refractivity contribution in [3.63, 3.8) is 0 Å². The second-order valence-corrected chi connectivity index (χ2v) is 13.9. The Balaban J connectivity index is 1.69. The van der Waals surface area contributed by atoms with Crippen molar-refractivity contribution in [2.24, 2.45) is 0 Å². The number of nitrogens with one attached hydrogen (secondary N) is 1. The van der Waals surface area contributed by atoms with Crippen molar-refractivity contribution < 1.29 is 0 Å². The van der Waals surface area contributed by atoms with Gasteiger partial charge in [0.2, 0.25) is 0 Å². The molecule has 0 fully saturated rings. The summed E-state index contributed by atoms with van der Waals surface area (Å²) in [5.74, 6) is 0. The summed E-state index contributed by atoms with van der Waals surface area (Å²) in [4.78, 5) is 7.11. The minimum atomic E-state index is 0.193. The largest absolute Gasteiger partial charge is 0.304 e. The quantitative estimate of drug-likeness (QED) is 0.0766. The van der Waals surface area contributed by atoms with Crippen molar-refractivity contribution in [3.8, 4) is 0 Å². The van der Waals surface area contributed by atoms with Crippen molar-refractivity contribution >= 4 is 0 Å². The van der Waals surface area contributed by atoms with Crippen LogP contribution in [0.25, 0.3) is 0 Å². The lowest BCUT2D eigenvalue weighted by molar-refractivity contribution is 0.148. The maximum absolute atomic E-state index is 4.26. The SMILES string of the molecule is CCCCCCCCCCCCN(CCCCCCCCCCCC)[C@H](c1ccccc1)[C@@H](NCc1ccncc1)c1ccccc1. The van der Waals surface area contributed by atoms with Crippen LogP contribution >= 0.6 is 0 Å². The van der Waals surface area contributed by atoms with Gasteiger partial charge in [-0.3, -0.25) is 9.88 Å². The van der Waals surface area contributed by atoms with Crippen LogP contribution in [0.1, 0.15) is 171 Å². The maximum atomic E-state index is 4.26. The van der Waals surface area contributed by atoms with Crippen molar-refractivity contribution in [1.82, 2.24) is 15.2 Å². The average molecular weight is 640 g/mol. The molecule has 2 atom stereocenters. The topological polar surface area (TPSA) is 28.2 Å². The van der Waals surface area contributed by atoms with Crippen LogP contribution in [-0.2, 0) is 6.54 Å². The summed E-state index contributed by atoms with van der Waals surface area (Å²) in [5, 5.41) is 4.04. The molecule has 0 spiro atoms. The lowest BCUT2D eigenvalue weighted by Crippen LogP contribution is -2.39. The van der Waals surface area contributed by atoms with Gasteiger partial charge in [-0.05, 0) is 54.8 Å². The molecule has 3 rings (SSSR count). The minimum Gasteiger partial charge on any atom is -0.304 e. The Hall–Kier alpha value is -2.49. The molecule has 3 nitrogen and oxygen atoms in total. The Bertz CT molecular complexity index is 1060. The fraction of sp³-hybridized carbons (Fsp3) is 0.614. The molecule has 47 heavy (non-hydrogen) atoms. The van der Waals surface area contributed by atoms with Crippen LogP contribution in [0.3, 0.4) is 0 Å². The molecule has 3 heteroatoms. The first kappa shape index (κ1) is 39.0. The molecule has 0 unspecified atom stereocenters. The zero-order valence-electron chi connectivity index (χ0n) is 30.4. The van der Waals surface area contributed by atoms with Crippen LogP contribution in [0.2, 0.25) is 0 Å². The van der Waals surface area contributed by atoms with Gasteiger partial charge in [0.05, 0.1) is 12.1 Å². The number of nitrogens with zero attached hydrogens (tertiary/aromatic N) is 2. The molecule has 1 heterocycles. The van der Waals surface area contributed by atoms with E-state index in [0.29, 0.717) is 0 Å². The highest BCUT2D eigenvalue weighted by Gasteiger charge is 2.30. The van der Waals surface area contributed by atoms with Crippen LogP contribution in [0, 0.1) is 0 Å². The second kappa shape index (κ2) is 26.5. The van der Waals surface area contributed by atoms with Crippen LogP contribution in [0.4, 0.5) is 0 Å². The van der Waals surface area contributed by atoms with Crippen LogP contribution in [0.5, 0.6) is 0 Å². The highest BCUT2D eigenvalue weighted by atomic mass is 15.2. The first-order valence-electron chi connectivity index (χ1n) is 19.8. The first-order chi connectivity index (χ1) is 23.3. The fourth-order valence-electron chi connectivity index (χ4n) is 7.06. The molecule has 0 saturated heterocycles. The third kappa shape index (κ3) is 16.9. The molecule has 260 valence electrons. The smallest absolute Gasteiger partial charge is 0.0543 e. The van der Waals surface area contributed by atoms with Gasteiger partial charge in [-0.1, -0.05) is 190 Å². The summed E-state index contributed by atoms with van der Waals surface area (Å²) in [6.45, 7) is 7.76. The van der Waals surface area contributed by atoms with Gasteiger partial charge >= 0.3 is 0 Å². The Morgan fingerprint density at radius 2 is 0.894 bits per heavy atom. The highest BCUT2D eigenvalue weighted by Crippen LogP contribution is 2.35. The zero-order chi connectivity index (χ0) is 33.0.